The second kappa shape index (κ2) is 10.0. The van der Waals surface area contributed by atoms with Gasteiger partial charge in [-0.3, -0.25) is 0 Å². The summed E-state index contributed by atoms with van der Waals surface area (Å²) in [5.41, 5.74) is 1.09. The SMILES string of the molecule is CC(C)N1CCOc2c(F)cc(-c3nc(Cc4ccc(C5CCNCC5)c(F)c4F)ncc3F)cc21. The normalized spacial score (nSPS) is 16.2. The van der Waals surface area contributed by atoms with Gasteiger partial charge in [0.1, 0.15) is 18.1 Å². The molecule has 36 heavy (non-hydrogen) atoms. The minimum absolute atomic E-state index is 0.0308. The molecule has 2 aliphatic heterocycles. The summed E-state index contributed by atoms with van der Waals surface area (Å²) in [5.74, 6) is -2.95. The van der Waals surface area contributed by atoms with Gasteiger partial charge in [0.2, 0.25) is 0 Å². The van der Waals surface area contributed by atoms with Crippen molar-refractivity contribution < 1.29 is 22.3 Å². The topological polar surface area (TPSA) is 50.3 Å². The molecule has 9 heteroatoms. The molecule has 0 radical (unpaired) electrons. The Labute approximate surface area is 207 Å². The van der Waals surface area contributed by atoms with Crippen LogP contribution >= 0.6 is 0 Å². The van der Waals surface area contributed by atoms with Crippen LogP contribution in [-0.4, -0.2) is 42.3 Å². The van der Waals surface area contributed by atoms with Gasteiger partial charge in [-0.05, 0) is 69.0 Å². The fourth-order valence-corrected chi connectivity index (χ4v) is 5.03. The van der Waals surface area contributed by atoms with E-state index in [1.807, 2.05) is 18.7 Å². The predicted octanol–water partition coefficient (Wildman–Crippen LogP) is 5.37. The number of rotatable bonds is 5. The third-order valence-electron chi connectivity index (χ3n) is 6.92. The molecule has 1 aromatic heterocycles. The highest BCUT2D eigenvalue weighted by Gasteiger charge is 2.26. The number of anilines is 1. The molecule has 2 aliphatic rings. The Hall–Kier alpha value is -3.20. The molecular weight excluding hydrogens is 472 g/mol. The van der Waals surface area contributed by atoms with Gasteiger partial charge in [-0.1, -0.05) is 12.1 Å². The van der Waals surface area contributed by atoms with E-state index in [4.69, 9.17) is 4.74 Å². The molecule has 1 fully saturated rings. The monoisotopic (exact) mass is 500 g/mol. The summed E-state index contributed by atoms with van der Waals surface area (Å²) in [5, 5.41) is 3.22. The van der Waals surface area contributed by atoms with Crippen LogP contribution < -0.4 is 15.0 Å². The lowest BCUT2D eigenvalue weighted by Gasteiger charge is -2.34. The van der Waals surface area contributed by atoms with Gasteiger partial charge < -0.3 is 15.0 Å². The van der Waals surface area contributed by atoms with Crippen LogP contribution in [0.25, 0.3) is 11.3 Å². The van der Waals surface area contributed by atoms with E-state index in [-0.39, 0.29) is 46.8 Å². The number of fused-ring (bicyclic) bond motifs is 1. The van der Waals surface area contributed by atoms with E-state index in [2.05, 4.69) is 15.3 Å². The lowest BCUT2D eigenvalue weighted by molar-refractivity contribution is 0.287. The first-order valence-electron chi connectivity index (χ1n) is 12.3. The molecule has 3 heterocycles. The fourth-order valence-electron chi connectivity index (χ4n) is 5.03. The Morgan fingerprint density at radius 3 is 2.58 bits per heavy atom. The minimum atomic E-state index is -0.940. The maximum atomic E-state index is 15.0. The number of aromatic nitrogens is 2. The Morgan fingerprint density at radius 1 is 1.06 bits per heavy atom. The average Bonchev–Trinajstić information content (AvgIpc) is 2.88. The maximum absolute atomic E-state index is 15.0. The summed E-state index contributed by atoms with van der Waals surface area (Å²) in [6.07, 6.45) is 2.34. The van der Waals surface area contributed by atoms with Gasteiger partial charge in [0.25, 0.3) is 0 Å². The van der Waals surface area contributed by atoms with Gasteiger partial charge in [0.05, 0.1) is 18.4 Å². The molecule has 0 atom stereocenters. The number of hydrogen-bond donors (Lipinski definition) is 1. The second-order valence-electron chi connectivity index (χ2n) is 9.57. The molecule has 0 bridgehead atoms. The van der Waals surface area contributed by atoms with Crippen molar-refractivity contribution in [2.24, 2.45) is 0 Å². The van der Waals surface area contributed by atoms with Crippen LogP contribution in [0, 0.1) is 23.3 Å². The summed E-state index contributed by atoms with van der Waals surface area (Å²) < 4.78 is 65.1. The summed E-state index contributed by atoms with van der Waals surface area (Å²) >= 11 is 0. The molecule has 5 nitrogen and oxygen atoms in total. The molecule has 5 rings (SSSR count). The Kier molecular flexibility index (Phi) is 6.83. The zero-order valence-corrected chi connectivity index (χ0v) is 20.3. The number of hydrogen-bond acceptors (Lipinski definition) is 5. The predicted molar refractivity (Wildman–Crippen MR) is 129 cm³/mol. The first-order valence-corrected chi connectivity index (χ1v) is 12.3. The van der Waals surface area contributed by atoms with E-state index >= 15 is 0 Å². The Bertz CT molecular complexity index is 1280. The number of halogens is 4. The van der Waals surface area contributed by atoms with E-state index in [1.54, 1.807) is 18.2 Å². The first kappa shape index (κ1) is 24.5. The molecule has 0 saturated carbocycles. The summed E-state index contributed by atoms with van der Waals surface area (Å²) in [6.45, 7) is 6.42. The van der Waals surface area contributed by atoms with Crippen molar-refractivity contribution in [2.75, 3.05) is 31.1 Å². The van der Waals surface area contributed by atoms with E-state index in [9.17, 15) is 17.6 Å². The van der Waals surface area contributed by atoms with E-state index in [0.29, 0.717) is 24.4 Å². The number of piperidine rings is 1. The summed E-state index contributed by atoms with van der Waals surface area (Å²) in [4.78, 5) is 10.2. The molecule has 190 valence electrons. The highest BCUT2D eigenvalue weighted by atomic mass is 19.2. The van der Waals surface area contributed by atoms with Crippen LogP contribution in [0.1, 0.15) is 49.6 Å². The first-order chi connectivity index (χ1) is 17.3. The third-order valence-corrected chi connectivity index (χ3v) is 6.92. The molecule has 1 N–H and O–H groups in total. The fraction of sp³-hybridized carbons (Fsp3) is 0.407. The zero-order chi connectivity index (χ0) is 25.4. The molecular formula is C27H28F4N4O. The molecule has 0 amide bonds. The smallest absolute Gasteiger partial charge is 0.178 e. The van der Waals surface area contributed by atoms with Crippen LogP contribution in [-0.2, 0) is 6.42 Å². The highest BCUT2D eigenvalue weighted by Crippen LogP contribution is 2.39. The van der Waals surface area contributed by atoms with Gasteiger partial charge in [-0.25, -0.2) is 27.5 Å². The Balaban J connectivity index is 1.47. The standard InChI is InChI=1S/C27H28F4N4O/c1-15(2)35-9-10-36-27-20(28)11-18(12-22(27)35)26-21(29)14-33-23(34-26)13-17-3-4-19(25(31)24(17)30)16-5-7-32-8-6-16/h3-4,11-12,14-16,32H,5-10,13H2,1-2H3. The maximum Gasteiger partial charge on any atom is 0.178 e. The van der Waals surface area contributed by atoms with Gasteiger partial charge in [-0.15, -0.1) is 0 Å². The second-order valence-corrected chi connectivity index (χ2v) is 9.57. The number of ether oxygens (including phenoxy) is 1. The van der Waals surface area contributed by atoms with Crippen LogP contribution in [0.2, 0.25) is 0 Å². The quantitative estimate of drug-likeness (QED) is 0.478. The number of benzene rings is 2. The van der Waals surface area contributed by atoms with E-state index in [1.165, 1.54) is 6.07 Å². The van der Waals surface area contributed by atoms with Crippen molar-refractivity contribution in [1.29, 1.82) is 0 Å². The summed E-state index contributed by atoms with van der Waals surface area (Å²) in [7, 11) is 0. The van der Waals surface area contributed by atoms with E-state index < -0.39 is 23.3 Å². The van der Waals surface area contributed by atoms with Crippen LogP contribution in [0.5, 0.6) is 5.75 Å². The number of nitrogens with zero attached hydrogens (tertiary/aromatic N) is 3. The van der Waals surface area contributed by atoms with Crippen molar-refractivity contribution in [3.63, 3.8) is 0 Å². The number of nitrogens with one attached hydrogen (secondary N) is 1. The lowest BCUT2D eigenvalue weighted by atomic mass is 9.89. The minimum Gasteiger partial charge on any atom is -0.486 e. The average molecular weight is 501 g/mol. The van der Waals surface area contributed by atoms with Gasteiger partial charge in [-0.2, -0.15) is 0 Å². The molecule has 0 spiro atoms. The third kappa shape index (κ3) is 4.64. The highest BCUT2D eigenvalue weighted by molar-refractivity contribution is 5.72. The largest absolute Gasteiger partial charge is 0.486 e. The summed E-state index contributed by atoms with van der Waals surface area (Å²) in [6, 6.07) is 6.05. The van der Waals surface area contributed by atoms with Crippen LogP contribution in [0.3, 0.4) is 0 Å². The van der Waals surface area contributed by atoms with Crippen molar-refractivity contribution in [3.8, 4) is 17.0 Å². The Morgan fingerprint density at radius 2 is 1.83 bits per heavy atom. The van der Waals surface area contributed by atoms with Crippen LogP contribution in [0.4, 0.5) is 23.2 Å². The molecule has 0 unspecified atom stereocenters. The van der Waals surface area contributed by atoms with Crippen molar-refractivity contribution in [1.82, 2.24) is 15.3 Å². The van der Waals surface area contributed by atoms with E-state index in [0.717, 1.165) is 32.1 Å². The molecule has 3 aromatic rings. The molecule has 2 aromatic carbocycles. The molecule has 1 saturated heterocycles. The molecule has 0 aliphatic carbocycles. The van der Waals surface area contributed by atoms with Gasteiger partial charge in [0.15, 0.2) is 29.0 Å². The zero-order valence-electron chi connectivity index (χ0n) is 20.3. The van der Waals surface area contributed by atoms with Crippen molar-refractivity contribution in [3.05, 3.63) is 70.7 Å². The van der Waals surface area contributed by atoms with Gasteiger partial charge in [0, 0.05) is 18.0 Å². The van der Waals surface area contributed by atoms with Crippen LogP contribution in [0.15, 0.2) is 30.5 Å². The van der Waals surface area contributed by atoms with Crippen molar-refractivity contribution >= 4 is 5.69 Å². The van der Waals surface area contributed by atoms with Gasteiger partial charge >= 0.3 is 0 Å². The lowest BCUT2D eigenvalue weighted by Crippen LogP contribution is -2.38. The van der Waals surface area contributed by atoms with Crippen molar-refractivity contribution in [2.45, 2.75) is 45.1 Å².